The van der Waals surface area contributed by atoms with Gasteiger partial charge in [0.25, 0.3) is 5.56 Å². The molecule has 0 unspecified atom stereocenters. The van der Waals surface area contributed by atoms with Gasteiger partial charge >= 0.3 is 0 Å². The lowest BCUT2D eigenvalue weighted by Crippen LogP contribution is -2.28. The van der Waals surface area contributed by atoms with Crippen LogP contribution in [-0.4, -0.2) is 15.5 Å². The molecule has 4 aromatic rings. The summed E-state index contributed by atoms with van der Waals surface area (Å²) in [6.45, 7) is 1.86. The lowest BCUT2D eigenvalue weighted by atomic mass is 9.89. The highest BCUT2D eigenvalue weighted by atomic mass is 32.1. The number of hydrogen-bond acceptors (Lipinski definition) is 4. The first-order valence-corrected chi connectivity index (χ1v) is 11.4. The Labute approximate surface area is 184 Å². The summed E-state index contributed by atoms with van der Waals surface area (Å²) in [4.78, 5) is 31.0. The van der Waals surface area contributed by atoms with Gasteiger partial charge < -0.3 is 5.32 Å². The van der Waals surface area contributed by atoms with Crippen LogP contribution in [0, 0.1) is 6.92 Å². The van der Waals surface area contributed by atoms with Crippen molar-refractivity contribution in [3.05, 3.63) is 81.2 Å². The summed E-state index contributed by atoms with van der Waals surface area (Å²) in [6.07, 6.45) is 6.14. The Morgan fingerprint density at radius 2 is 1.94 bits per heavy atom. The molecule has 2 heterocycles. The maximum Gasteiger partial charge on any atom is 0.263 e. The molecule has 0 bridgehead atoms. The second-order valence-corrected chi connectivity index (χ2v) is 8.92. The van der Waals surface area contributed by atoms with Crippen LogP contribution < -0.4 is 10.9 Å². The summed E-state index contributed by atoms with van der Waals surface area (Å²) >= 11 is 1.47. The van der Waals surface area contributed by atoms with E-state index in [4.69, 9.17) is 0 Å². The molecule has 0 aliphatic heterocycles. The van der Waals surface area contributed by atoms with Gasteiger partial charge in [0.1, 0.15) is 11.4 Å². The fraction of sp³-hybridized carbons (Fsp3) is 0.240. The highest BCUT2D eigenvalue weighted by molar-refractivity contribution is 7.17. The Morgan fingerprint density at radius 3 is 2.77 bits per heavy atom. The predicted molar refractivity (Wildman–Crippen MR) is 126 cm³/mol. The van der Waals surface area contributed by atoms with Gasteiger partial charge in [-0.05, 0) is 60.9 Å². The zero-order valence-electron chi connectivity index (χ0n) is 17.4. The molecule has 2 aromatic carbocycles. The number of rotatable bonds is 4. The van der Waals surface area contributed by atoms with Gasteiger partial charge in [0.05, 0.1) is 11.7 Å². The van der Waals surface area contributed by atoms with Gasteiger partial charge in [-0.2, -0.15) is 0 Å². The van der Waals surface area contributed by atoms with Crippen LogP contribution in [0.4, 0.5) is 5.69 Å². The van der Waals surface area contributed by atoms with E-state index in [1.165, 1.54) is 46.2 Å². The second-order valence-electron chi connectivity index (χ2n) is 8.06. The van der Waals surface area contributed by atoms with Crippen LogP contribution in [0.5, 0.6) is 0 Å². The molecule has 0 spiro atoms. The average Bonchev–Trinajstić information content (AvgIpc) is 3.22. The third-order valence-corrected chi connectivity index (χ3v) is 6.84. The molecule has 0 fully saturated rings. The number of hydrogen-bond donors (Lipinski definition) is 1. The minimum absolute atomic E-state index is 0.0738. The summed E-state index contributed by atoms with van der Waals surface area (Å²) in [5.74, 6) is -0.247. The van der Waals surface area contributed by atoms with Gasteiger partial charge in [0.15, 0.2) is 0 Å². The molecule has 0 atom stereocenters. The summed E-state index contributed by atoms with van der Waals surface area (Å²) in [7, 11) is 0. The Balaban J connectivity index is 1.48. The summed E-state index contributed by atoms with van der Waals surface area (Å²) in [5.41, 5.74) is 6.29. The number of anilines is 1. The van der Waals surface area contributed by atoms with Gasteiger partial charge in [0.2, 0.25) is 5.91 Å². The minimum atomic E-state index is -0.247. The molecular formula is C25H23N3O2S. The molecule has 5 nitrogen and oxygen atoms in total. The maximum atomic E-state index is 13.3. The first-order valence-electron chi connectivity index (χ1n) is 10.5. The number of nitrogens with zero attached hydrogens (tertiary/aromatic N) is 2. The van der Waals surface area contributed by atoms with Crippen LogP contribution in [0.1, 0.15) is 29.5 Å². The predicted octanol–water partition coefficient (Wildman–Crippen LogP) is 4.95. The summed E-state index contributed by atoms with van der Waals surface area (Å²) in [6, 6.07) is 14.1. The Kier molecular flexibility index (Phi) is 5.16. The van der Waals surface area contributed by atoms with Crippen LogP contribution in [0.15, 0.2) is 59.0 Å². The average molecular weight is 430 g/mol. The van der Waals surface area contributed by atoms with Gasteiger partial charge in [-0.15, -0.1) is 11.3 Å². The van der Waals surface area contributed by atoms with E-state index in [2.05, 4.69) is 28.5 Å². The third-order valence-electron chi connectivity index (χ3n) is 5.95. The Bertz CT molecular complexity index is 1350. The fourth-order valence-corrected chi connectivity index (χ4v) is 5.16. The first-order chi connectivity index (χ1) is 15.1. The lowest BCUT2D eigenvalue weighted by molar-refractivity contribution is -0.116. The van der Waals surface area contributed by atoms with Crippen LogP contribution in [-0.2, 0) is 24.2 Å². The zero-order valence-corrected chi connectivity index (χ0v) is 18.2. The van der Waals surface area contributed by atoms with Crippen molar-refractivity contribution in [2.75, 3.05) is 5.32 Å². The van der Waals surface area contributed by atoms with Crippen LogP contribution in [0.3, 0.4) is 0 Å². The smallest absolute Gasteiger partial charge is 0.263 e. The molecular weight excluding hydrogens is 406 g/mol. The van der Waals surface area contributed by atoms with Crippen molar-refractivity contribution >= 4 is 33.1 Å². The number of aryl methyl sites for hydroxylation is 3. The second kappa shape index (κ2) is 8.12. The Hall–Kier alpha value is -3.25. The molecule has 2 aromatic heterocycles. The molecule has 0 saturated carbocycles. The minimum Gasteiger partial charge on any atom is -0.324 e. The largest absolute Gasteiger partial charge is 0.324 e. The molecule has 31 heavy (non-hydrogen) atoms. The van der Waals surface area contributed by atoms with E-state index in [0.29, 0.717) is 10.2 Å². The first kappa shape index (κ1) is 19.7. The van der Waals surface area contributed by atoms with Crippen molar-refractivity contribution in [3.63, 3.8) is 0 Å². The molecule has 0 radical (unpaired) electrons. The zero-order chi connectivity index (χ0) is 21.4. The van der Waals surface area contributed by atoms with E-state index in [1.807, 2.05) is 36.6 Å². The molecule has 0 saturated heterocycles. The number of carbonyl (C=O) groups is 1. The quantitative estimate of drug-likeness (QED) is 0.499. The summed E-state index contributed by atoms with van der Waals surface area (Å²) in [5, 5.41) is 5.48. The van der Waals surface area contributed by atoms with Gasteiger partial charge in [0, 0.05) is 16.6 Å². The molecule has 1 amide bonds. The van der Waals surface area contributed by atoms with Crippen LogP contribution >= 0.6 is 11.3 Å². The highest BCUT2D eigenvalue weighted by Gasteiger charge is 2.17. The molecule has 1 aliphatic carbocycles. The van der Waals surface area contributed by atoms with Crippen molar-refractivity contribution in [1.82, 2.24) is 9.55 Å². The van der Waals surface area contributed by atoms with Gasteiger partial charge in [-0.1, -0.05) is 36.4 Å². The normalized spacial score (nSPS) is 13.2. The van der Waals surface area contributed by atoms with E-state index < -0.39 is 0 Å². The van der Waals surface area contributed by atoms with Crippen molar-refractivity contribution in [2.45, 2.75) is 39.2 Å². The molecule has 5 rings (SSSR count). The van der Waals surface area contributed by atoms with Crippen LogP contribution in [0.25, 0.3) is 21.3 Å². The number of amides is 1. The van der Waals surface area contributed by atoms with Crippen molar-refractivity contribution < 1.29 is 4.79 Å². The van der Waals surface area contributed by atoms with E-state index in [-0.39, 0.29) is 18.0 Å². The van der Waals surface area contributed by atoms with Crippen molar-refractivity contribution in [2.24, 2.45) is 0 Å². The van der Waals surface area contributed by atoms with Crippen molar-refractivity contribution in [1.29, 1.82) is 0 Å². The Morgan fingerprint density at radius 1 is 1.13 bits per heavy atom. The molecule has 1 aliphatic rings. The van der Waals surface area contributed by atoms with Gasteiger partial charge in [-0.3, -0.25) is 14.2 Å². The highest BCUT2D eigenvalue weighted by Crippen LogP contribution is 2.33. The van der Waals surface area contributed by atoms with Crippen molar-refractivity contribution in [3.8, 4) is 11.1 Å². The van der Waals surface area contributed by atoms with Crippen LogP contribution in [0.2, 0.25) is 0 Å². The number of para-hydroxylation sites is 1. The van der Waals surface area contributed by atoms with E-state index >= 15 is 0 Å². The van der Waals surface area contributed by atoms with Gasteiger partial charge in [-0.25, -0.2) is 4.98 Å². The topological polar surface area (TPSA) is 64.0 Å². The molecule has 156 valence electrons. The molecule has 1 N–H and O–H groups in total. The summed E-state index contributed by atoms with van der Waals surface area (Å²) < 4.78 is 1.39. The number of fused-ring (bicyclic) bond motifs is 2. The number of thiophene rings is 1. The standard InChI is InChI=1S/C25H23N3O2S/c1-16-6-2-5-9-21(16)27-22(29)13-28-15-26-24-23(25(28)30)20(14-31-24)19-11-10-17-7-3-4-8-18(17)12-19/h2,5-6,9-12,14-15H,3-4,7-8,13H2,1H3,(H,27,29). The van der Waals surface area contributed by atoms with E-state index in [0.717, 1.165) is 35.2 Å². The number of benzene rings is 2. The SMILES string of the molecule is Cc1ccccc1NC(=O)Cn1cnc2scc(-c3ccc4c(c3)CCCC4)c2c1=O. The monoisotopic (exact) mass is 429 g/mol. The number of nitrogens with one attached hydrogen (secondary N) is 1. The molecule has 6 heteroatoms. The number of aromatic nitrogens is 2. The lowest BCUT2D eigenvalue weighted by Gasteiger charge is -2.16. The third kappa shape index (κ3) is 3.79. The fourth-order valence-electron chi connectivity index (χ4n) is 4.25. The van der Waals surface area contributed by atoms with E-state index in [1.54, 1.807) is 0 Å². The van der Waals surface area contributed by atoms with E-state index in [9.17, 15) is 9.59 Å². The number of carbonyl (C=O) groups excluding carboxylic acids is 1. The maximum absolute atomic E-state index is 13.3.